The largest absolute Gasteiger partial charge is 0.438 e. The predicted molar refractivity (Wildman–Crippen MR) is 122 cm³/mol. The maximum Gasteiger partial charge on any atom is 0.415 e. The van der Waals surface area contributed by atoms with Gasteiger partial charge in [-0.3, -0.25) is 9.69 Å². The maximum absolute atomic E-state index is 14.3. The lowest BCUT2D eigenvalue weighted by Crippen LogP contribution is -2.49. The summed E-state index contributed by atoms with van der Waals surface area (Å²) >= 11 is 0. The highest BCUT2D eigenvalue weighted by atomic mass is 19.1. The van der Waals surface area contributed by atoms with Crippen LogP contribution in [0.2, 0.25) is 0 Å². The second-order valence-electron chi connectivity index (χ2n) is 8.04. The fourth-order valence-corrected chi connectivity index (χ4v) is 4.16. The van der Waals surface area contributed by atoms with Gasteiger partial charge in [-0.15, -0.1) is 0 Å². The van der Waals surface area contributed by atoms with E-state index in [1.807, 2.05) is 30.3 Å². The molecule has 0 aromatic heterocycles. The molecule has 3 aromatic rings. The molecule has 1 saturated heterocycles. The van der Waals surface area contributed by atoms with Crippen molar-refractivity contribution in [2.45, 2.75) is 25.4 Å². The molecule has 170 valence electrons. The van der Waals surface area contributed by atoms with Crippen molar-refractivity contribution >= 4 is 17.7 Å². The second-order valence-corrected chi connectivity index (χ2v) is 8.04. The number of cyclic esters (lactones) is 1. The number of nitrogens with zero attached hydrogens (tertiary/aromatic N) is 1. The minimum atomic E-state index is -0.863. The molecule has 1 heterocycles. The number of benzene rings is 3. The van der Waals surface area contributed by atoms with E-state index in [1.165, 1.54) is 24.0 Å². The smallest absolute Gasteiger partial charge is 0.415 e. The fraction of sp³-hybridized carbons (Fsp3) is 0.231. The van der Waals surface area contributed by atoms with E-state index < -0.39 is 23.3 Å². The molecule has 0 radical (unpaired) electrons. The Bertz CT molecular complexity index is 1170. The van der Waals surface area contributed by atoms with Crippen LogP contribution in [0.15, 0.2) is 72.8 Å². The minimum Gasteiger partial charge on any atom is -0.438 e. The van der Waals surface area contributed by atoms with Crippen LogP contribution in [0.1, 0.15) is 25.3 Å². The van der Waals surface area contributed by atoms with Crippen LogP contribution in [-0.4, -0.2) is 25.1 Å². The lowest BCUT2D eigenvalue weighted by atomic mass is 9.85. The standard InChI is InChI=1S/C26H24F2N2O3/c1-18(31)29-14-12-26(20-7-3-2-4-8-20)13-15-30(25(32)33-26)22-9-5-6-19(16-22)23-11-10-21(27)17-24(23)28/h2-11,16-17H,12-15H2,1H3,(H,29,31)/t26-/m1/s1. The summed E-state index contributed by atoms with van der Waals surface area (Å²) in [6.07, 6.45) is 0.429. The highest BCUT2D eigenvalue weighted by molar-refractivity contribution is 5.90. The number of ether oxygens (including phenoxy) is 1. The van der Waals surface area contributed by atoms with Crippen molar-refractivity contribution < 1.29 is 23.1 Å². The van der Waals surface area contributed by atoms with Crippen LogP contribution in [0.3, 0.4) is 0 Å². The first-order chi connectivity index (χ1) is 15.9. The predicted octanol–water partition coefficient (Wildman–Crippen LogP) is 5.40. The lowest BCUT2D eigenvalue weighted by molar-refractivity contribution is -0.119. The number of hydrogen-bond donors (Lipinski definition) is 1. The van der Waals surface area contributed by atoms with Crippen molar-refractivity contribution in [3.8, 4) is 11.1 Å². The fourth-order valence-electron chi connectivity index (χ4n) is 4.16. The van der Waals surface area contributed by atoms with Gasteiger partial charge < -0.3 is 10.1 Å². The average molecular weight is 450 g/mol. The Balaban J connectivity index is 1.59. The van der Waals surface area contributed by atoms with E-state index in [-0.39, 0.29) is 11.5 Å². The molecule has 33 heavy (non-hydrogen) atoms. The van der Waals surface area contributed by atoms with E-state index in [0.717, 1.165) is 11.6 Å². The highest BCUT2D eigenvalue weighted by Crippen LogP contribution is 2.39. The van der Waals surface area contributed by atoms with Gasteiger partial charge in [0.15, 0.2) is 0 Å². The molecular formula is C26H24F2N2O3. The van der Waals surface area contributed by atoms with E-state index in [9.17, 15) is 18.4 Å². The normalized spacial score (nSPS) is 18.0. The summed E-state index contributed by atoms with van der Waals surface area (Å²) in [7, 11) is 0. The Morgan fingerprint density at radius 2 is 1.85 bits per heavy atom. The minimum absolute atomic E-state index is 0.146. The summed E-state index contributed by atoms with van der Waals surface area (Å²) < 4.78 is 33.6. The van der Waals surface area contributed by atoms with Crippen LogP contribution >= 0.6 is 0 Å². The van der Waals surface area contributed by atoms with E-state index >= 15 is 0 Å². The van der Waals surface area contributed by atoms with Crippen LogP contribution in [0.5, 0.6) is 0 Å². The molecule has 0 spiro atoms. The van der Waals surface area contributed by atoms with Gasteiger partial charge in [0.2, 0.25) is 5.91 Å². The topological polar surface area (TPSA) is 58.6 Å². The summed E-state index contributed by atoms with van der Waals surface area (Å²) in [6, 6.07) is 19.7. The van der Waals surface area contributed by atoms with Crippen molar-refractivity contribution in [3.63, 3.8) is 0 Å². The average Bonchev–Trinajstić information content (AvgIpc) is 2.79. The molecule has 1 fully saturated rings. The third-order valence-corrected chi connectivity index (χ3v) is 5.84. The zero-order chi connectivity index (χ0) is 23.4. The Labute approximate surface area is 191 Å². The number of nitrogens with one attached hydrogen (secondary N) is 1. The number of anilines is 1. The van der Waals surface area contributed by atoms with Crippen LogP contribution in [0.25, 0.3) is 11.1 Å². The summed E-state index contributed by atoms with van der Waals surface area (Å²) in [5, 5.41) is 2.77. The summed E-state index contributed by atoms with van der Waals surface area (Å²) in [5.41, 5.74) is 1.34. The second kappa shape index (κ2) is 9.40. The van der Waals surface area contributed by atoms with Crippen molar-refractivity contribution in [1.82, 2.24) is 5.32 Å². The zero-order valence-corrected chi connectivity index (χ0v) is 18.2. The molecule has 0 aliphatic carbocycles. The Morgan fingerprint density at radius 1 is 1.06 bits per heavy atom. The number of rotatable bonds is 6. The van der Waals surface area contributed by atoms with Crippen molar-refractivity contribution in [1.29, 1.82) is 0 Å². The monoisotopic (exact) mass is 450 g/mol. The molecule has 2 amide bonds. The molecule has 0 bridgehead atoms. The van der Waals surface area contributed by atoms with E-state index in [1.54, 1.807) is 24.3 Å². The highest BCUT2D eigenvalue weighted by Gasteiger charge is 2.42. The zero-order valence-electron chi connectivity index (χ0n) is 18.2. The van der Waals surface area contributed by atoms with Crippen molar-refractivity contribution in [3.05, 3.63) is 90.0 Å². The van der Waals surface area contributed by atoms with Gasteiger partial charge in [0, 0.05) is 50.2 Å². The summed E-state index contributed by atoms with van der Waals surface area (Å²) in [6.45, 7) is 2.20. The van der Waals surface area contributed by atoms with Gasteiger partial charge in [0.1, 0.15) is 17.2 Å². The molecule has 0 saturated carbocycles. The Hall–Kier alpha value is -3.74. The maximum atomic E-state index is 14.3. The molecule has 7 heteroatoms. The molecule has 1 aliphatic heterocycles. The number of carbonyl (C=O) groups is 2. The van der Waals surface area contributed by atoms with Gasteiger partial charge in [0.05, 0.1) is 0 Å². The lowest BCUT2D eigenvalue weighted by Gasteiger charge is -2.41. The van der Waals surface area contributed by atoms with E-state index in [2.05, 4.69) is 5.32 Å². The van der Waals surface area contributed by atoms with Crippen molar-refractivity contribution in [2.24, 2.45) is 0 Å². The summed E-state index contributed by atoms with van der Waals surface area (Å²) in [5.74, 6) is -1.47. The molecule has 3 aromatic carbocycles. The number of carbonyl (C=O) groups excluding carboxylic acids is 2. The Kier molecular flexibility index (Phi) is 6.40. The van der Waals surface area contributed by atoms with Crippen LogP contribution in [-0.2, 0) is 15.1 Å². The first kappa shape index (κ1) is 22.5. The van der Waals surface area contributed by atoms with E-state index in [4.69, 9.17) is 4.74 Å². The third-order valence-electron chi connectivity index (χ3n) is 5.84. The molecule has 1 aliphatic rings. The van der Waals surface area contributed by atoms with Gasteiger partial charge >= 0.3 is 6.09 Å². The molecule has 1 N–H and O–H groups in total. The molecule has 1 atom stereocenters. The van der Waals surface area contributed by atoms with Crippen LogP contribution in [0.4, 0.5) is 19.3 Å². The molecule has 5 nitrogen and oxygen atoms in total. The molecular weight excluding hydrogens is 426 g/mol. The van der Waals surface area contributed by atoms with Crippen LogP contribution < -0.4 is 10.2 Å². The van der Waals surface area contributed by atoms with Gasteiger partial charge in [-0.25, -0.2) is 13.6 Å². The number of amides is 2. The Morgan fingerprint density at radius 3 is 2.55 bits per heavy atom. The third kappa shape index (κ3) is 4.87. The first-order valence-corrected chi connectivity index (χ1v) is 10.7. The quantitative estimate of drug-likeness (QED) is 0.547. The van der Waals surface area contributed by atoms with Gasteiger partial charge in [0.25, 0.3) is 0 Å². The molecule has 4 rings (SSSR count). The van der Waals surface area contributed by atoms with Gasteiger partial charge in [-0.2, -0.15) is 0 Å². The van der Waals surface area contributed by atoms with Gasteiger partial charge in [-0.1, -0.05) is 42.5 Å². The first-order valence-electron chi connectivity index (χ1n) is 10.7. The summed E-state index contributed by atoms with van der Waals surface area (Å²) in [4.78, 5) is 26.0. The SMILES string of the molecule is CC(=O)NCC[C@]1(c2ccccc2)CCN(c2cccc(-c3ccc(F)cc3F)c2)C(=O)O1. The number of hydrogen-bond acceptors (Lipinski definition) is 3. The van der Waals surface area contributed by atoms with Gasteiger partial charge in [-0.05, 0) is 35.4 Å². The molecule has 0 unspecified atom stereocenters. The van der Waals surface area contributed by atoms with Crippen molar-refractivity contribution in [2.75, 3.05) is 18.0 Å². The van der Waals surface area contributed by atoms with E-state index in [0.29, 0.717) is 37.2 Å². The number of halogens is 2. The van der Waals surface area contributed by atoms with Crippen LogP contribution in [0, 0.1) is 11.6 Å².